The summed E-state index contributed by atoms with van der Waals surface area (Å²) in [6.07, 6.45) is 0. The van der Waals surface area contributed by atoms with E-state index in [1.807, 2.05) is 0 Å². The van der Waals surface area contributed by atoms with E-state index in [-0.39, 0.29) is 10.8 Å². The molecule has 0 spiro atoms. The number of fused-ring (bicyclic) bond motifs is 3. The van der Waals surface area contributed by atoms with Gasteiger partial charge in [-0.15, -0.1) is 0 Å². The lowest BCUT2D eigenvalue weighted by Crippen LogP contribution is -2.11. The fourth-order valence-corrected chi connectivity index (χ4v) is 3.22. The Balaban J connectivity index is 2.34. The minimum absolute atomic E-state index is 0.165. The predicted octanol–water partition coefficient (Wildman–Crippen LogP) is 6.59. The highest BCUT2D eigenvalue weighted by Crippen LogP contribution is 2.35. The van der Waals surface area contributed by atoms with E-state index < -0.39 is 0 Å². The van der Waals surface area contributed by atoms with Gasteiger partial charge in [-0.25, -0.2) is 0 Å². The predicted molar refractivity (Wildman–Crippen MR) is 98.9 cm³/mol. The third kappa shape index (κ3) is 2.52. The molecule has 0 heteroatoms. The van der Waals surface area contributed by atoms with Crippen molar-refractivity contribution in [3.63, 3.8) is 0 Å². The van der Waals surface area contributed by atoms with E-state index >= 15 is 0 Å². The second kappa shape index (κ2) is 4.84. The van der Waals surface area contributed by atoms with Crippen LogP contribution in [0.1, 0.15) is 52.7 Å². The van der Waals surface area contributed by atoms with Crippen molar-refractivity contribution in [3.8, 4) is 0 Å². The van der Waals surface area contributed by atoms with Crippen LogP contribution in [-0.4, -0.2) is 0 Å². The summed E-state index contributed by atoms with van der Waals surface area (Å²) >= 11 is 0. The van der Waals surface area contributed by atoms with Crippen molar-refractivity contribution < 1.29 is 0 Å². The second-order valence-corrected chi connectivity index (χ2v) is 8.40. The molecule has 0 aromatic heterocycles. The Kier molecular flexibility index (Phi) is 3.32. The molecule has 0 atom stereocenters. The van der Waals surface area contributed by atoms with Crippen LogP contribution in [0.15, 0.2) is 48.5 Å². The van der Waals surface area contributed by atoms with Gasteiger partial charge in [-0.3, -0.25) is 0 Å². The van der Waals surface area contributed by atoms with Crippen molar-refractivity contribution in [2.75, 3.05) is 0 Å². The summed E-state index contributed by atoms with van der Waals surface area (Å²) in [5.74, 6) is 0. The summed E-state index contributed by atoms with van der Waals surface area (Å²) in [6.45, 7) is 13.7. The molecule has 0 fully saturated rings. The summed E-state index contributed by atoms with van der Waals surface area (Å²) in [6, 6.07) is 18.2. The van der Waals surface area contributed by atoms with Gasteiger partial charge in [0.2, 0.25) is 0 Å². The van der Waals surface area contributed by atoms with Gasteiger partial charge in [-0.2, -0.15) is 0 Å². The fourth-order valence-electron chi connectivity index (χ4n) is 3.22. The number of benzene rings is 3. The van der Waals surface area contributed by atoms with Crippen molar-refractivity contribution >= 4 is 21.5 Å². The molecule has 0 nitrogen and oxygen atoms in total. The lowest BCUT2D eigenvalue weighted by atomic mass is 9.82. The summed E-state index contributed by atoms with van der Waals surface area (Å²) in [5, 5.41) is 5.44. The third-order valence-corrected chi connectivity index (χ3v) is 4.55. The Morgan fingerprint density at radius 1 is 0.591 bits per heavy atom. The molecule has 3 aromatic carbocycles. The van der Waals surface area contributed by atoms with Crippen LogP contribution in [0.2, 0.25) is 0 Å². The maximum Gasteiger partial charge on any atom is -0.0102 e. The van der Waals surface area contributed by atoms with Gasteiger partial charge in [0.25, 0.3) is 0 Å². The zero-order chi connectivity index (χ0) is 16.1. The molecule has 0 aliphatic carbocycles. The maximum atomic E-state index is 2.35. The molecule has 0 aliphatic rings. The highest BCUT2D eigenvalue weighted by molar-refractivity contribution is 6.08. The molecule has 0 unspecified atom stereocenters. The average Bonchev–Trinajstić information content (AvgIpc) is 2.43. The van der Waals surface area contributed by atoms with Gasteiger partial charge >= 0.3 is 0 Å². The number of hydrogen-bond acceptors (Lipinski definition) is 0. The third-order valence-electron chi connectivity index (χ3n) is 4.55. The van der Waals surface area contributed by atoms with Crippen LogP contribution in [0, 0.1) is 0 Å². The van der Waals surface area contributed by atoms with Crippen LogP contribution in [0.25, 0.3) is 21.5 Å². The van der Waals surface area contributed by atoms with E-state index in [1.165, 1.54) is 32.7 Å². The highest BCUT2D eigenvalue weighted by Gasteiger charge is 2.18. The van der Waals surface area contributed by atoms with Crippen molar-refractivity contribution in [1.82, 2.24) is 0 Å². The normalized spacial score (nSPS) is 13.0. The van der Waals surface area contributed by atoms with E-state index in [9.17, 15) is 0 Å². The lowest BCUT2D eigenvalue weighted by Gasteiger charge is -2.23. The van der Waals surface area contributed by atoms with Crippen LogP contribution in [-0.2, 0) is 10.8 Å². The molecule has 3 aromatic rings. The van der Waals surface area contributed by atoms with Gasteiger partial charge in [-0.05, 0) is 43.5 Å². The molecule has 0 bridgehead atoms. The van der Waals surface area contributed by atoms with Gasteiger partial charge in [0.15, 0.2) is 0 Å². The van der Waals surface area contributed by atoms with E-state index in [1.54, 1.807) is 0 Å². The first kappa shape index (κ1) is 15.1. The minimum Gasteiger partial charge on any atom is -0.0613 e. The first-order valence-corrected chi connectivity index (χ1v) is 8.14. The van der Waals surface area contributed by atoms with Crippen LogP contribution in [0.4, 0.5) is 0 Å². The molecule has 114 valence electrons. The van der Waals surface area contributed by atoms with E-state index in [0.717, 1.165) is 0 Å². The van der Waals surface area contributed by atoms with E-state index in [0.29, 0.717) is 0 Å². The molecule has 0 radical (unpaired) electrons. The fraction of sp³-hybridized carbons (Fsp3) is 0.364. The van der Waals surface area contributed by atoms with E-state index in [4.69, 9.17) is 0 Å². The molecule has 0 aliphatic heterocycles. The largest absolute Gasteiger partial charge is 0.0613 e. The Labute approximate surface area is 134 Å². The van der Waals surface area contributed by atoms with Gasteiger partial charge in [0.1, 0.15) is 0 Å². The molecule has 0 saturated carbocycles. The van der Waals surface area contributed by atoms with Gasteiger partial charge in [0, 0.05) is 0 Å². The summed E-state index contributed by atoms with van der Waals surface area (Å²) in [4.78, 5) is 0. The molecule has 3 rings (SSSR count). The SMILES string of the molecule is CC(C)(C)c1ccc2c(ccc3c(C(C)(C)C)cccc32)c1. The molecule has 22 heavy (non-hydrogen) atoms. The highest BCUT2D eigenvalue weighted by atomic mass is 14.2. The van der Waals surface area contributed by atoms with Gasteiger partial charge in [0.05, 0.1) is 0 Å². The second-order valence-electron chi connectivity index (χ2n) is 8.40. The summed E-state index contributed by atoms with van der Waals surface area (Å²) in [5.41, 5.74) is 3.17. The number of hydrogen-bond donors (Lipinski definition) is 0. The van der Waals surface area contributed by atoms with E-state index in [2.05, 4.69) is 90.1 Å². The minimum atomic E-state index is 0.165. The Morgan fingerprint density at radius 2 is 1.27 bits per heavy atom. The molecule has 0 amide bonds. The zero-order valence-corrected chi connectivity index (χ0v) is 14.6. The molecule has 0 N–H and O–H groups in total. The molecular formula is C22H26. The van der Waals surface area contributed by atoms with Crippen LogP contribution in [0.5, 0.6) is 0 Å². The molecule has 0 heterocycles. The summed E-state index contributed by atoms with van der Waals surface area (Å²) in [7, 11) is 0. The molecule has 0 saturated heterocycles. The first-order valence-electron chi connectivity index (χ1n) is 8.14. The monoisotopic (exact) mass is 290 g/mol. The van der Waals surface area contributed by atoms with Crippen molar-refractivity contribution in [2.24, 2.45) is 0 Å². The van der Waals surface area contributed by atoms with Gasteiger partial charge in [-0.1, -0.05) is 90.1 Å². The topological polar surface area (TPSA) is 0 Å². The first-order chi connectivity index (χ1) is 10.2. The standard InChI is InChI=1S/C22H26/c1-21(2,3)16-11-13-17-15(14-16)10-12-19-18(17)8-7-9-20(19)22(4,5)6/h7-14H,1-6H3. The quantitative estimate of drug-likeness (QED) is 0.410. The Hall–Kier alpha value is -1.82. The van der Waals surface area contributed by atoms with Crippen molar-refractivity contribution in [1.29, 1.82) is 0 Å². The van der Waals surface area contributed by atoms with Crippen molar-refractivity contribution in [3.05, 3.63) is 59.7 Å². The molecular weight excluding hydrogens is 264 g/mol. The van der Waals surface area contributed by atoms with Crippen LogP contribution >= 0.6 is 0 Å². The smallest absolute Gasteiger partial charge is 0.0102 e. The summed E-state index contributed by atoms with van der Waals surface area (Å²) < 4.78 is 0. The van der Waals surface area contributed by atoms with Gasteiger partial charge < -0.3 is 0 Å². The van der Waals surface area contributed by atoms with Crippen LogP contribution < -0.4 is 0 Å². The Bertz CT molecular complexity index is 839. The maximum absolute atomic E-state index is 2.35. The zero-order valence-electron chi connectivity index (χ0n) is 14.6. The van der Waals surface area contributed by atoms with Crippen molar-refractivity contribution in [2.45, 2.75) is 52.4 Å². The lowest BCUT2D eigenvalue weighted by molar-refractivity contribution is 0.591. The average molecular weight is 290 g/mol. The Morgan fingerprint density at radius 3 is 1.91 bits per heavy atom. The van der Waals surface area contributed by atoms with Crippen LogP contribution in [0.3, 0.4) is 0 Å². The number of rotatable bonds is 0.